The van der Waals surface area contributed by atoms with Gasteiger partial charge in [0, 0.05) is 0 Å². The standard InChI is InChI=1S/C5H3Cl3O3/c6-5(7,8)2-1-3(9)4(10)11/h1-2H,(H,10,11)/b2-1+. The van der Waals surface area contributed by atoms with Crippen LogP contribution in [0, 0.1) is 0 Å². The summed E-state index contributed by atoms with van der Waals surface area (Å²) in [4.78, 5) is 20.2. The Hall–Kier alpha value is -0.250. The fraction of sp³-hybridized carbons (Fsp3) is 0.200. The zero-order chi connectivity index (χ0) is 9.07. The molecule has 0 aliphatic rings. The van der Waals surface area contributed by atoms with Gasteiger partial charge in [0.25, 0.3) is 5.78 Å². The zero-order valence-electron chi connectivity index (χ0n) is 5.05. The summed E-state index contributed by atoms with van der Waals surface area (Å²) in [6.45, 7) is 0. The smallest absolute Gasteiger partial charge is 0.376 e. The first-order chi connectivity index (χ1) is 4.83. The van der Waals surface area contributed by atoms with E-state index in [0.29, 0.717) is 6.08 Å². The van der Waals surface area contributed by atoms with Crippen LogP contribution in [0.3, 0.4) is 0 Å². The van der Waals surface area contributed by atoms with Crippen LogP contribution in [0.4, 0.5) is 0 Å². The fourth-order valence-corrected chi connectivity index (χ4v) is 0.430. The van der Waals surface area contributed by atoms with Gasteiger partial charge in [0.05, 0.1) is 0 Å². The SMILES string of the molecule is O=C(O)C(=O)/C=C/C(Cl)(Cl)Cl. The number of carbonyl (C=O) groups is 2. The first-order valence-corrected chi connectivity index (χ1v) is 3.49. The van der Waals surface area contributed by atoms with Crippen molar-refractivity contribution in [3.8, 4) is 0 Å². The molecule has 3 nitrogen and oxygen atoms in total. The highest BCUT2D eigenvalue weighted by atomic mass is 35.6. The fourth-order valence-electron chi connectivity index (χ4n) is 0.241. The molecule has 62 valence electrons. The van der Waals surface area contributed by atoms with E-state index in [1.807, 2.05) is 0 Å². The van der Waals surface area contributed by atoms with Gasteiger partial charge in [0.1, 0.15) is 0 Å². The Morgan fingerprint density at radius 1 is 1.27 bits per heavy atom. The van der Waals surface area contributed by atoms with Crippen molar-refractivity contribution >= 4 is 46.6 Å². The van der Waals surface area contributed by atoms with Crippen molar-refractivity contribution in [1.82, 2.24) is 0 Å². The molecule has 0 aromatic rings. The zero-order valence-corrected chi connectivity index (χ0v) is 7.32. The van der Waals surface area contributed by atoms with Gasteiger partial charge in [-0.1, -0.05) is 34.8 Å². The van der Waals surface area contributed by atoms with Crippen LogP contribution in [-0.4, -0.2) is 20.7 Å². The van der Waals surface area contributed by atoms with Crippen LogP contribution in [0.25, 0.3) is 0 Å². The third-order valence-corrected chi connectivity index (χ3v) is 1.01. The normalized spacial score (nSPS) is 11.9. The van der Waals surface area contributed by atoms with E-state index in [1.165, 1.54) is 0 Å². The lowest BCUT2D eigenvalue weighted by atomic mass is 10.4. The lowest BCUT2D eigenvalue weighted by Crippen LogP contribution is -2.09. The summed E-state index contributed by atoms with van der Waals surface area (Å²) in [5, 5.41) is 8.05. The molecule has 0 aliphatic heterocycles. The summed E-state index contributed by atoms with van der Waals surface area (Å²) in [7, 11) is 0. The number of carbonyl (C=O) groups excluding carboxylic acids is 1. The van der Waals surface area contributed by atoms with E-state index in [4.69, 9.17) is 39.9 Å². The van der Waals surface area contributed by atoms with Crippen LogP contribution >= 0.6 is 34.8 Å². The maximum Gasteiger partial charge on any atom is 0.376 e. The van der Waals surface area contributed by atoms with Gasteiger partial charge >= 0.3 is 5.97 Å². The monoisotopic (exact) mass is 216 g/mol. The minimum Gasteiger partial charge on any atom is -0.475 e. The summed E-state index contributed by atoms with van der Waals surface area (Å²) >= 11 is 15.5. The number of carboxylic acids is 1. The molecule has 1 N–H and O–H groups in total. The topological polar surface area (TPSA) is 54.4 Å². The third-order valence-electron chi connectivity index (χ3n) is 0.634. The molecular weight excluding hydrogens is 214 g/mol. The quantitative estimate of drug-likeness (QED) is 0.434. The molecule has 0 aliphatic carbocycles. The third kappa shape index (κ3) is 6.16. The Morgan fingerprint density at radius 2 is 1.73 bits per heavy atom. The number of alkyl halides is 3. The molecule has 0 amide bonds. The highest BCUT2D eigenvalue weighted by Crippen LogP contribution is 2.27. The van der Waals surface area contributed by atoms with Gasteiger partial charge < -0.3 is 5.11 Å². The summed E-state index contributed by atoms with van der Waals surface area (Å²) < 4.78 is -1.73. The number of aliphatic carboxylic acids is 1. The summed E-state index contributed by atoms with van der Waals surface area (Å²) in [5.74, 6) is -2.72. The number of hydrogen-bond acceptors (Lipinski definition) is 2. The van der Waals surface area contributed by atoms with E-state index in [1.54, 1.807) is 0 Å². The minimum absolute atomic E-state index is 0.690. The number of ketones is 1. The van der Waals surface area contributed by atoms with Crippen molar-refractivity contribution in [2.45, 2.75) is 3.79 Å². The van der Waals surface area contributed by atoms with Crippen molar-refractivity contribution in [2.75, 3.05) is 0 Å². The van der Waals surface area contributed by atoms with E-state index in [9.17, 15) is 9.59 Å². The summed E-state index contributed by atoms with van der Waals surface area (Å²) in [5.41, 5.74) is 0. The molecule has 0 rings (SSSR count). The van der Waals surface area contributed by atoms with E-state index in [-0.39, 0.29) is 0 Å². The number of allylic oxidation sites excluding steroid dienone is 1. The molecule has 0 bridgehead atoms. The van der Waals surface area contributed by atoms with Crippen molar-refractivity contribution in [1.29, 1.82) is 0 Å². The molecule has 0 heterocycles. The molecule has 0 aromatic heterocycles. The molecule has 0 aromatic carbocycles. The molecule has 0 spiro atoms. The Kier molecular flexibility index (Phi) is 3.86. The van der Waals surface area contributed by atoms with Crippen LogP contribution < -0.4 is 0 Å². The number of halogens is 3. The lowest BCUT2D eigenvalue weighted by molar-refractivity contribution is -0.146. The molecule has 0 unspecified atom stereocenters. The maximum absolute atomic E-state index is 10.3. The molecule has 0 atom stereocenters. The summed E-state index contributed by atoms with van der Waals surface area (Å²) in [6.07, 6.45) is 1.56. The lowest BCUT2D eigenvalue weighted by Gasteiger charge is -2.00. The van der Waals surface area contributed by atoms with Crippen LogP contribution in [-0.2, 0) is 9.59 Å². The van der Waals surface area contributed by atoms with E-state index < -0.39 is 15.5 Å². The van der Waals surface area contributed by atoms with Gasteiger partial charge in [0.15, 0.2) is 0 Å². The van der Waals surface area contributed by atoms with Crippen LogP contribution in [0.15, 0.2) is 12.2 Å². The van der Waals surface area contributed by atoms with Crippen molar-refractivity contribution < 1.29 is 14.7 Å². The second kappa shape index (κ2) is 3.95. The number of rotatable bonds is 2. The number of hydrogen-bond donors (Lipinski definition) is 1. The van der Waals surface area contributed by atoms with Gasteiger partial charge in [-0.25, -0.2) is 4.79 Å². The van der Waals surface area contributed by atoms with Crippen LogP contribution in [0.5, 0.6) is 0 Å². The first-order valence-electron chi connectivity index (χ1n) is 2.36. The minimum atomic E-state index is -1.73. The Balaban J connectivity index is 4.16. The van der Waals surface area contributed by atoms with Crippen molar-refractivity contribution in [3.05, 3.63) is 12.2 Å². The van der Waals surface area contributed by atoms with Crippen molar-refractivity contribution in [3.63, 3.8) is 0 Å². The molecule has 11 heavy (non-hydrogen) atoms. The van der Waals surface area contributed by atoms with Gasteiger partial charge in [0.2, 0.25) is 3.79 Å². The maximum atomic E-state index is 10.3. The van der Waals surface area contributed by atoms with Gasteiger partial charge in [-0.2, -0.15) is 0 Å². The van der Waals surface area contributed by atoms with Crippen LogP contribution in [0.2, 0.25) is 0 Å². The van der Waals surface area contributed by atoms with Crippen molar-refractivity contribution in [2.24, 2.45) is 0 Å². The van der Waals surface area contributed by atoms with Gasteiger partial charge in [-0.3, -0.25) is 4.79 Å². The largest absolute Gasteiger partial charge is 0.475 e. The molecule has 0 saturated heterocycles. The molecule has 0 saturated carbocycles. The second-order valence-corrected chi connectivity index (χ2v) is 3.91. The molecular formula is C5H3Cl3O3. The highest BCUT2D eigenvalue weighted by molar-refractivity contribution is 6.69. The molecule has 0 fully saturated rings. The van der Waals surface area contributed by atoms with Gasteiger partial charge in [-0.15, -0.1) is 0 Å². The van der Waals surface area contributed by atoms with E-state index >= 15 is 0 Å². The number of carboxylic acid groups (broad SMARTS) is 1. The predicted octanol–water partition coefficient (Wildman–Crippen LogP) is 1.57. The summed E-state index contributed by atoms with van der Waals surface area (Å²) in [6, 6.07) is 0. The first kappa shape index (κ1) is 10.8. The van der Waals surface area contributed by atoms with E-state index in [0.717, 1.165) is 6.08 Å². The Morgan fingerprint density at radius 3 is 2.00 bits per heavy atom. The average Bonchev–Trinajstić information content (AvgIpc) is 1.80. The van der Waals surface area contributed by atoms with Crippen LogP contribution in [0.1, 0.15) is 0 Å². The Labute approximate surface area is 77.5 Å². The second-order valence-electron chi connectivity index (χ2n) is 1.54. The Bertz CT molecular complexity index is 204. The average molecular weight is 217 g/mol. The van der Waals surface area contributed by atoms with E-state index in [2.05, 4.69) is 0 Å². The van der Waals surface area contributed by atoms with Gasteiger partial charge in [-0.05, 0) is 12.2 Å². The molecule has 6 heteroatoms. The predicted molar refractivity (Wildman–Crippen MR) is 42.1 cm³/mol. The highest BCUT2D eigenvalue weighted by Gasteiger charge is 2.16. The molecule has 0 radical (unpaired) electrons.